The third kappa shape index (κ3) is 0.425. The third-order valence-electron chi connectivity index (χ3n) is 4.24. The molecule has 0 aromatic heterocycles. The molecule has 1 saturated carbocycles. The van der Waals surface area contributed by atoms with E-state index in [1.165, 1.54) is 0 Å². The van der Waals surface area contributed by atoms with Crippen LogP contribution in [-0.4, -0.2) is 17.9 Å². The Hall–Kier alpha value is -1.14. The van der Waals surface area contributed by atoms with Gasteiger partial charge in [0.1, 0.15) is 5.41 Å². The van der Waals surface area contributed by atoms with Crippen molar-refractivity contribution in [1.29, 1.82) is 5.26 Å². The summed E-state index contributed by atoms with van der Waals surface area (Å²) in [6.07, 6.45) is 7.03. The summed E-state index contributed by atoms with van der Waals surface area (Å²) in [4.78, 5) is 0. The van der Waals surface area contributed by atoms with Crippen molar-refractivity contribution in [2.24, 2.45) is 17.3 Å². The van der Waals surface area contributed by atoms with Crippen LogP contribution >= 0.6 is 0 Å². The predicted octanol–water partition coefficient (Wildman–Crippen LogP) is 1.36. The van der Waals surface area contributed by atoms with Crippen LogP contribution < -0.4 is 0 Å². The Morgan fingerprint density at radius 1 is 1.29 bits per heavy atom. The number of halogens is 1. The fourth-order valence-electron chi connectivity index (χ4n) is 3.59. The number of alkyl halides is 1. The molecule has 3 heteroatoms. The fourth-order valence-corrected chi connectivity index (χ4v) is 3.59. The SMILES string of the molecule is N#CC12C3C=CC1(F)C2C1C=C[C@@H]3O1. The maximum atomic E-state index is 14.3. The second-order valence-corrected chi connectivity index (χ2v) is 4.56. The second-order valence-electron chi connectivity index (χ2n) is 4.56. The van der Waals surface area contributed by atoms with E-state index in [9.17, 15) is 9.65 Å². The van der Waals surface area contributed by atoms with Gasteiger partial charge in [-0.1, -0.05) is 18.2 Å². The molecule has 0 N–H and O–H groups in total. The van der Waals surface area contributed by atoms with Gasteiger partial charge in [0, 0.05) is 5.92 Å². The van der Waals surface area contributed by atoms with E-state index in [0.717, 1.165) is 0 Å². The summed E-state index contributed by atoms with van der Waals surface area (Å²) in [5.41, 5.74) is -2.21. The van der Waals surface area contributed by atoms with Crippen molar-refractivity contribution >= 4 is 0 Å². The number of nitriles is 1. The van der Waals surface area contributed by atoms with Crippen LogP contribution in [0.3, 0.4) is 0 Å². The first-order valence-electron chi connectivity index (χ1n) is 4.87. The molecule has 2 aliphatic carbocycles. The minimum absolute atomic E-state index is 0.0718. The van der Waals surface area contributed by atoms with Crippen molar-refractivity contribution in [2.75, 3.05) is 0 Å². The van der Waals surface area contributed by atoms with Crippen LogP contribution in [0.5, 0.6) is 0 Å². The molecule has 1 saturated heterocycles. The maximum absolute atomic E-state index is 14.3. The fraction of sp³-hybridized carbons (Fsp3) is 0.545. The van der Waals surface area contributed by atoms with Crippen LogP contribution in [0, 0.1) is 28.6 Å². The number of hydrogen-bond acceptors (Lipinski definition) is 2. The highest BCUT2D eigenvalue weighted by Gasteiger charge is 2.88. The van der Waals surface area contributed by atoms with Gasteiger partial charge in [0.25, 0.3) is 0 Å². The van der Waals surface area contributed by atoms with E-state index in [1.807, 2.05) is 18.2 Å². The largest absolute Gasteiger partial charge is 0.366 e. The molecule has 2 heterocycles. The van der Waals surface area contributed by atoms with E-state index in [2.05, 4.69) is 6.07 Å². The molecule has 5 unspecified atom stereocenters. The Kier molecular flexibility index (Phi) is 0.863. The first kappa shape index (κ1) is 7.19. The van der Waals surface area contributed by atoms with Gasteiger partial charge in [-0.15, -0.1) is 0 Å². The Morgan fingerprint density at radius 3 is 2.86 bits per heavy atom. The van der Waals surface area contributed by atoms with Crippen LogP contribution in [0.25, 0.3) is 0 Å². The van der Waals surface area contributed by atoms with Crippen LogP contribution in [0.15, 0.2) is 24.3 Å². The van der Waals surface area contributed by atoms with Crippen molar-refractivity contribution in [2.45, 2.75) is 17.9 Å². The zero-order valence-corrected chi connectivity index (χ0v) is 7.35. The zero-order valence-electron chi connectivity index (χ0n) is 7.35. The van der Waals surface area contributed by atoms with E-state index in [4.69, 9.17) is 4.74 Å². The molecule has 70 valence electrons. The third-order valence-corrected chi connectivity index (χ3v) is 4.24. The molecule has 0 spiro atoms. The van der Waals surface area contributed by atoms with Gasteiger partial charge in [0.05, 0.1) is 24.2 Å². The molecule has 2 nitrogen and oxygen atoms in total. The average Bonchev–Trinajstić information content (AvgIpc) is 2.56. The molecular weight excluding hydrogens is 181 g/mol. The Balaban J connectivity index is 1.97. The number of ether oxygens (including phenoxy) is 1. The summed E-state index contributed by atoms with van der Waals surface area (Å²) in [5.74, 6) is -0.331. The Morgan fingerprint density at radius 2 is 2.07 bits per heavy atom. The summed E-state index contributed by atoms with van der Waals surface area (Å²) >= 11 is 0. The average molecular weight is 189 g/mol. The van der Waals surface area contributed by atoms with Crippen LogP contribution in [-0.2, 0) is 4.74 Å². The quantitative estimate of drug-likeness (QED) is 0.539. The molecule has 4 rings (SSSR count). The number of rotatable bonds is 0. The van der Waals surface area contributed by atoms with E-state index < -0.39 is 11.1 Å². The summed E-state index contributed by atoms with van der Waals surface area (Å²) in [6, 6.07) is 2.20. The van der Waals surface area contributed by atoms with Gasteiger partial charge in [-0.05, 0) is 6.08 Å². The second kappa shape index (κ2) is 1.68. The molecule has 6 atom stereocenters. The lowest BCUT2D eigenvalue weighted by molar-refractivity contribution is -0.0252. The molecule has 0 aromatic rings. The van der Waals surface area contributed by atoms with E-state index in [1.54, 1.807) is 6.08 Å². The van der Waals surface area contributed by atoms with Gasteiger partial charge >= 0.3 is 0 Å². The molecule has 4 aliphatic rings. The first-order valence-corrected chi connectivity index (χ1v) is 4.87. The molecule has 0 amide bonds. The number of fused-ring (bicyclic) bond motifs is 5. The molecule has 2 aliphatic heterocycles. The van der Waals surface area contributed by atoms with Gasteiger partial charge in [0.15, 0.2) is 5.67 Å². The normalized spacial score (nSPS) is 65.1. The minimum Gasteiger partial charge on any atom is -0.366 e. The van der Waals surface area contributed by atoms with Crippen molar-refractivity contribution in [3.63, 3.8) is 0 Å². The van der Waals surface area contributed by atoms with Crippen molar-refractivity contribution in [3.05, 3.63) is 24.3 Å². The highest BCUT2D eigenvalue weighted by Crippen LogP contribution is 2.78. The Bertz CT molecular complexity index is 437. The Labute approximate surface area is 80.7 Å². The van der Waals surface area contributed by atoms with Gasteiger partial charge in [-0.3, -0.25) is 0 Å². The van der Waals surface area contributed by atoms with Crippen molar-refractivity contribution in [1.82, 2.24) is 0 Å². The van der Waals surface area contributed by atoms with Gasteiger partial charge in [-0.25, -0.2) is 4.39 Å². The summed E-state index contributed by atoms with van der Waals surface area (Å²) in [6.45, 7) is 0. The van der Waals surface area contributed by atoms with E-state index in [-0.39, 0.29) is 24.0 Å². The van der Waals surface area contributed by atoms with Crippen molar-refractivity contribution in [3.8, 4) is 6.07 Å². The van der Waals surface area contributed by atoms with Gasteiger partial charge < -0.3 is 4.74 Å². The number of hydrogen-bond donors (Lipinski definition) is 0. The summed E-state index contributed by atoms with van der Waals surface area (Å²) in [5, 5.41) is 9.19. The number of nitrogens with zero attached hydrogens (tertiary/aromatic N) is 1. The maximum Gasteiger partial charge on any atom is 0.156 e. The van der Waals surface area contributed by atoms with E-state index >= 15 is 0 Å². The molecule has 0 aromatic carbocycles. The van der Waals surface area contributed by atoms with E-state index in [0.29, 0.717) is 0 Å². The molecular formula is C11H8FNO. The lowest BCUT2D eigenvalue weighted by Crippen LogP contribution is -2.35. The van der Waals surface area contributed by atoms with Crippen molar-refractivity contribution < 1.29 is 9.13 Å². The highest BCUT2D eigenvalue weighted by molar-refractivity contribution is 5.52. The molecule has 14 heavy (non-hydrogen) atoms. The van der Waals surface area contributed by atoms with Crippen LogP contribution in [0.1, 0.15) is 0 Å². The summed E-state index contributed by atoms with van der Waals surface area (Å²) in [7, 11) is 0. The van der Waals surface area contributed by atoms with Crippen LogP contribution in [0.4, 0.5) is 4.39 Å². The molecule has 0 radical (unpaired) electrons. The monoisotopic (exact) mass is 189 g/mol. The summed E-state index contributed by atoms with van der Waals surface area (Å²) < 4.78 is 20.0. The smallest absolute Gasteiger partial charge is 0.156 e. The zero-order chi connectivity index (χ0) is 9.55. The van der Waals surface area contributed by atoms with Gasteiger partial charge in [-0.2, -0.15) is 5.26 Å². The molecule has 2 bridgehead atoms. The number of allylic oxidation sites excluding steroid dienone is 1. The predicted molar refractivity (Wildman–Crippen MR) is 45.8 cm³/mol. The molecule has 2 fully saturated rings. The minimum atomic E-state index is -1.41. The van der Waals surface area contributed by atoms with Crippen LogP contribution in [0.2, 0.25) is 0 Å². The standard InChI is InChI=1S/C11H8FNO/c12-11-4-3-6-7-1-2-8(14-7)9(11)10(6,11)5-13/h1-4,6-9H/t6?,7-,8?,9?,10?,11?/m0/s1. The highest BCUT2D eigenvalue weighted by atomic mass is 19.1. The topological polar surface area (TPSA) is 33.0 Å². The first-order chi connectivity index (χ1) is 6.74. The van der Waals surface area contributed by atoms with Gasteiger partial charge in [0.2, 0.25) is 0 Å². The lowest BCUT2D eigenvalue weighted by Gasteiger charge is -2.29. The lowest BCUT2D eigenvalue weighted by atomic mass is 9.84.